The van der Waals surface area contributed by atoms with Crippen molar-refractivity contribution in [3.63, 3.8) is 0 Å². The topological polar surface area (TPSA) is 103 Å². The van der Waals surface area contributed by atoms with Gasteiger partial charge in [-0.25, -0.2) is 8.42 Å². The van der Waals surface area contributed by atoms with Crippen LogP contribution in [0.2, 0.25) is 0 Å². The highest BCUT2D eigenvalue weighted by Gasteiger charge is 2.24. The van der Waals surface area contributed by atoms with Gasteiger partial charge >= 0.3 is 0 Å². The minimum absolute atomic E-state index is 0.0282. The highest BCUT2D eigenvalue weighted by molar-refractivity contribution is 7.91. The summed E-state index contributed by atoms with van der Waals surface area (Å²) in [6.45, 7) is 3.79. The Morgan fingerprint density at radius 3 is 2.32 bits per heavy atom. The molecule has 180 valence electrons. The van der Waals surface area contributed by atoms with Crippen LogP contribution in [0, 0.1) is 6.92 Å². The zero-order chi connectivity index (χ0) is 24.7. The highest BCUT2D eigenvalue weighted by atomic mass is 32.2. The zero-order valence-corrected chi connectivity index (χ0v) is 20.4. The Bertz CT molecular complexity index is 1260. The van der Waals surface area contributed by atoms with Gasteiger partial charge in [-0.15, -0.1) is 0 Å². The molecule has 0 atom stereocenters. The Morgan fingerprint density at radius 2 is 1.68 bits per heavy atom. The monoisotopic (exact) mass is 484 g/mol. The minimum atomic E-state index is -3.83. The number of hydrogen-bond donors (Lipinski definition) is 2. The molecule has 0 aliphatic carbocycles. The number of aryl methyl sites for hydroxylation is 1. The molecule has 0 unspecified atom stereocenters. The van der Waals surface area contributed by atoms with Crippen molar-refractivity contribution < 1.29 is 27.4 Å². The van der Waals surface area contributed by atoms with Gasteiger partial charge in [0.05, 0.1) is 43.6 Å². The second-order valence-corrected chi connectivity index (χ2v) is 9.27. The predicted octanol–water partition coefficient (Wildman–Crippen LogP) is 4.29. The van der Waals surface area contributed by atoms with Crippen LogP contribution in [0.3, 0.4) is 0 Å². The number of amides is 1. The van der Waals surface area contributed by atoms with E-state index in [-0.39, 0.29) is 34.6 Å². The number of benzene rings is 3. The molecule has 9 heteroatoms. The standard InChI is InChI=1S/C25H28N2O6S/c1-5-33-25-21(7-6-8-23(25)34(29,30)19-12-9-17(2)10-13-19)26-16-24(28)27-20-14-11-18(31-3)15-22(20)32-4/h6-15,26H,5,16H2,1-4H3,(H,27,28). The summed E-state index contributed by atoms with van der Waals surface area (Å²) in [7, 11) is -0.789. The Kier molecular flexibility index (Phi) is 8.01. The average Bonchev–Trinajstić information content (AvgIpc) is 2.84. The van der Waals surface area contributed by atoms with E-state index in [0.717, 1.165) is 5.56 Å². The number of sulfone groups is 1. The fourth-order valence-electron chi connectivity index (χ4n) is 3.28. The lowest BCUT2D eigenvalue weighted by atomic mass is 10.2. The SMILES string of the molecule is CCOc1c(NCC(=O)Nc2ccc(OC)cc2OC)cccc1S(=O)(=O)c1ccc(C)cc1. The summed E-state index contributed by atoms with van der Waals surface area (Å²) >= 11 is 0. The van der Waals surface area contributed by atoms with Crippen LogP contribution < -0.4 is 24.8 Å². The lowest BCUT2D eigenvalue weighted by molar-refractivity contribution is -0.114. The Balaban J connectivity index is 1.83. The molecule has 0 saturated carbocycles. The zero-order valence-electron chi connectivity index (χ0n) is 19.5. The second kappa shape index (κ2) is 10.9. The van der Waals surface area contributed by atoms with Crippen LogP contribution in [-0.4, -0.2) is 41.7 Å². The molecular weight excluding hydrogens is 456 g/mol. The molecule has 3 rings (SSSR count). The van der Waals surface area contributed by atoms with Gasteiger partial charge in [-0.2, -0.15) is 0 Å². The van der Waals surface area contributed by atoms with Gasteiger partial charge in [0, 0.05) is 6.07 Å². The van der Waals surface area contributed by atoms with E-state index in [2.05, 4.69) is 10.6 Å². The molecular formula is C25H28N2O6S. The summed E-state index contributed by atoms with van der Waals surface area (Å²) in [6.07, 6.45) is 0. The quantitative estimate of drug-likeness (QED) is 0.442. The molecule has 2 N–H and O–H groups in total. The molecule has 8 nitrogen and oxygen atoms in total. The molecule has 0 radical (unpaired) electrons. The first-order chi connectivity index (χ1) is 16.3. The van der Waals surface area contributed by atoms with Crippen molar-refractivity contribution in [2.45, 2.75) is 23.6 Å². The van der Waals surface area contributed by atoms with Crippen LogP contribution in [0.25, 0.3) is 0 Å². The first-order valence-corrected chi connectivity index (χ1v) is 12.1. The number of carbonyl (C=O) groups is 1. The number of nitrogens with one attached hydrogen (secondary N) is 2. The number of methoxy groups -OCH3 is 2. The number of ether oxygens (including phenoxy) is 3. The summed E-state index contributed by atoms with van der Waals surface area (Å²) < 4.78 is 42.7. The van der Waals surface area contributed by atoms with Crippen molar-refractivity contribution in [2.24, 2.45) is 0 Å². The third kappa shape index (κ3) is 5.60. The van der Waals surface area contributed by atoms with Crippen molar-refractivity contribution >= 4 is 27.1 Å². The van der Waals surface area contributed by atoms with Gasteiger partial charge in [-0.1, -0.05) is 23.8 Å². The summed E-state index contributed by atoms with van der Waals surface area (Å²) in [5.74, 6) is 0.868. The van der Waals surface area contributed by atoms with E-state index >= 15 is 0 Å². The molecule has 3 aromatic rings. The molecule has 0 saturated heterocycles. The smallest absolute Gasteiger partial charge is 0.243 e. The van der Waals surface area contributed by atoms with Crippen molar-refractivity contribution in [1.29, 1.82) is 0 Å². The van der Waals surface area contributed by atoms with E-state index in [4.69, 9.17) is 14.2 Å². The maximum absolute atomic E-state index is 13.3. The fraction of sp³-hybridized carbons (Fsp3) is 0.240. The molecule has 1 amide bonds. The van der Waals surface area contributed by atoms with Crippen molar-refractivity contribution in [2.75, 3.05) is 38.0 Å². The van der Waals surface area contributed by atoms with Crippen molar-refractivity contribution in [3.8, 4) is 17.2 Å². The number of rotatable bonds is 10. The normalized spacial score (nSPS) is 10.9. The molecule has 0 heterocycles. The first kappa shape index (κ1) is 24.9. The van der Waals surface area contributed by atoms with Crippen molar-refractivity contribution in [3.05, 3.63) is 66.2 Å². The summed E-state index contributed by atoms with van der Waals surface area (Å²) in [6, 6.07) is 16.4. The number of anilines is 2. The third-order valence-corrected chi connectivity index (χ3v) is 6.80. The third-order valence-electron chi connectivity index (χ3n) is 5.01. The molecule has 0 spiro atoms. The minimum Gasteiger partial charge on any atom is -0.497 e. The van der Waals surface area contributed by atoms with E-state index in [1.165, 1.54) is 13.2 Å². The molecule has 3 aromatic carbocycles. The Morgan fingerprint density at radius 1 is 0.941 bits per heavy atom. The summed E-state index contributed by atoms with van der Waals surface area (Å²) in [5, 5.41) is 5.75. The number of para-hydroxylation sites is 1. The molecule has 34 heavy (non-hydrogen) atoms. The Hall–Kier alpha value is -3.72. The second-order valence-electron chi connectivity index (χ2n) is 7.35. The van der Waals surface area contributed by atoms with Crippen molar-refractivity contribution in [1.82, 2.24) is 0 Å². The molecule has 0 aliphatic rings. The maximum atomic E-state index is 13.3. The van der Waals surface area contributed by atoms with E-state index in [0.29, 0.717) is 22.9 Å². The molecule has 0 aromatic heterocycles. The van der Waals surface area contributed by atoms with E-state index in [1.54, 1.807) is 68.6 Å². The molecule has 0 bridgehead atoms. The van der Waals surface area contributed by atoms with E-state index in [1.807, 2.05) is 6.92 Å². The van der Waals surface area contributed by atoms with E-state index < -0.39 is 9.84 Å². The van der Waals surface area contributed by atoms with Crippen LogP contribution in [0.15, 0.2) is 70.5 Å². The average molecular weight is 485 g/mol. The van der Waals surface area contributed by atoms with Crippen LogP contribution in [0.4, 0.5) is 11.4 Å². The van der Waals surface area contributed by atoms with E-state index in [9.17, 15) is 13.2 Å². The van der Waals surface area contributed by atoms with Crippen LogP contribution in [-0.2, 0) is 14.6 Å². The lowest BCUT2D eigenvalue weighted by Gasteiger charge is -2.17. The molecule has 0 aliphatic heterocycles. The van der Waals surface area contributed by atoms with Crippen LogP contribution in [0.1, 0.15) is 12.5 Å². The Labute approximate surface area is 199 Å². The highest BCUT2D eigenvalue weighted by Crippen LogP contribution is 2.36. The van der Waals surface area contributed by atoms with Gasteiger partial charge in [0.1, 0.15) is 16.4 Å². The summed E-state index contributed by atoms with van der Waals surface area (Å²) in [5.41, 5.74) is 1.83. The van der Waals surface area contributed by atoms with Gasteiger partial charge in [0.2, 0.25) is 15.7 Å². The largest absolute Gasteiger partial charge is 0.497 e. The maximum Gasteiger partial charge on any atom is 0.243 e. The fourth-order valence-corrected chi connectivity index (χ4v) is 4.69. The van der Waals surface area contributed by atoms with Gasteiger partial charge in [0.15, 0.2) is 5.75 Å². The van der Waals surface area contributed by atoms with Gasteiger partial charge in [-0.3, -0.25) is 4.79 Å². The summed E-state index contributed by atoms with van der Waals surface area (Å²) in [4.78, 5) is 12.8. The number of carbonyl (C=O) groups excluding carboxylic acids is 1. The van der Waals surface area contributed by atoms with Gasteiger partial charge in [0.25, 0.3) is 0 Å². The van der Waals surface area contributed by atoms with Crippen LogP contribution >= 0.6 is 0 Å². The predicted molar refractivity (Wildman–Crippen MR) is 131 cm³/mol. The first-order valence-electron chi connectivity index (χ1n) is 10.6. The molecule has 0 fully saturated rings. The van der Waals surface area contributed by atoms with Crippen LogP contribution in [0.5, 0.6) is 17.2 Å². The van der Waals surface area contributed by atoms with Gasteiger partial charge in [-0.05, 0) is 50.2 Å². The number of hydrogen-bond acceptors (Lipinski definition) is 7. The van der Waals surface area contributed by atoms with Gasteiger partial charge < -0.3 is 24.8 Å². The lowest BCUT2D eigenvalue weighted by Crippen LogP contribution is -2.22.